The number of carbonyl (C=O) groups excluding carboxylic acids is 2. The van der Waals surface area contributed by atoms with Crippen LogP contribution in [0.4, 0.5) is 4.79 Å². The van der Waals surface area contributed by atoms with E-state index in [4.69, 9.17) is 4.74 Å². The van der Waals surface area contributed by atoms with Crippen molar-refractivity contribution in [2.45, 2.75) is 5.92 Å². The van der Waals surface area contributed by atoms with Gasteiger partial charge in [0.2, 0.25) is 0 Å². The van der Waals surface area contributed by atoms with Crippen LogP contribution in [0.5, 0.6) is 0 Å². The lowest BCUT2D eigenvalue weighted by Crippen LogP contribution is -2.53. The highest BCUT2D eigenvalue weighted by atomic mass is 16.6. The van der Waals surface area contributed by atoms with Crippen molar-refractivity contribution in [3.05, 3.63) is 59.7 Å². The van der Waals surface area contributed by atoms with E-state index < -0.39 is 0 Å². The van der Waals surface area contributed by atoms with Crippen LogP contribution in [0.1, 0.15) is 17.0 Å². The lowest BCUT2D eigenvalue weighted by Gasteiger charge is -2.36. The third-order valence-electron chi connectivity index (χ3n) is 5.01. The van der Waals surface area contributed by atoms with Gasteiger partial charge in [0.15, 0.2) is 0 Å². The van der Waals surface area contributed by atoms with Gasteiger partial charge in [0.25, 0.3) is 0 Å². The van der Waals surface area contributed by atoms with E-state index in [-0.39, 0.29) is 23.9 Å². The molecule has 25 heavy (non-hydrogen) atoms. The van der Waals surface area contributed by atoms with Crippen LogP contribution in [0.3, 0.4) is 0 Å². The molecule has 0 bridgehead atoms. The number of likely N-dealkylation sites (tertiary alicyclic amines) is 1. The maximum absolute atomic E-state index is 12.2. The first-order valence-corrected chi connectivity index (χ1v) is 8.36. The molecule has 0 spiro atoms. The Labute approximate surface area is 146 Å². The number of amides is 1. The molecule has 1 aliphatic carbocycles. The summed E-state index contributed by atoms with van der Waals surface area (Å²) in [4.78, 5) is 25.2. The summed E-state index contributed by atoms with van der Waals surface area (Å²) >= 11 is 0. The maximum atomic E-state index is 12.2. The largest absolute Gasteiger partial charge is 0.469 e. The normalized spacial score (nSPS) is 16.0. The molecule has 2 aromatic carbocycles. The van der Waals surface area contributed by atoms with Crippen molar-refractivity contribution in [2.75, 3.05) is 26.8 Å². The number of fused-ring (bicyclic) bond motifs is 3. The van der Waals surface area contributed by atoms with Crippen LogP contribution in [0.15, 0.2) is 48.5 Å². The highest BCUT2D eigenvalue weighted by molar-refractivity contribution is 5.80. The van der Waals surface area contributed by atoms with E-state index >= 15 is 0 Å². The fourth-order valence-corrected chi connectivity index (χ4v) is 3.63. The Bertz CT molecular complexity index is 780. The summed E-state index contributed by atoms with van der Waals surface area (Å²) in [6.07, 6.45) is -0.373. The Balaban J connectivity index is 1.44. The maximum Gasteiger partial charge on any atom is 0.409 e. The van der Waals surface area contributed by atoms with Gasteiger partial charge >= 0.3 is 12.1 Å². The van der Waals surface area contributed by atoms with Gasteiger partial charge in [-0.25, -0.2) is 4.79 Å². The first-order valence-electron chi connectivity index (χ1n) is 8.36. The molecule has 128 valence electrons. The Morgan fingerprint density at radius 3 is 2.12 bits per heavy atom. The molecule has 5 nitrogen and oxygen atoms in total. The number of ether oxygens (including phenoxy) is 2. The molecule has 1 saturated heterocycles. The second-order valence-corrected chi connectivity index (χ2v) is 6.43. The van der Waals surface area contributed by atoms with Gasteiger partial charge < -0.3 is 14.4 Å². The van der Waals surface area contributed by atoms with E-state index in [2.05, 4.69) is 29.0 Å². The van der Waals surface area contributed by atoms with E-state index in [9.17, 15) is 9.59 Å². The number of nitrogens with zero attached hydrogens (tertiary/aromatic N) is 1. The molecule has 4 rings (SSSR count). The van der Waals surface area contributed by atoms with Crippen LogP contribution in [0, 0.1) is 5.92 Å². The van der Waals surface area contributed by atoms with Crippen LogP contribution in [-0.2, 0) is 14.3 Å². The predicted octanol–water partition coefficient (Wildman–Crippen LogP) is 3.04. The summed E-state index contributed by atoms with van der Waals surface area (Å²) in [6, 6.07) is 16.5. The van der Waals surface area contributed by atoms with Crippen molar-refractivity contribution in [3.63, 3.8) is 0 Å². The summed E-state index contributed by atoms with van der Waals surface area (Å²) in [5.74, 6) is -0.456. The van der Waals surface area contributed by atoms with Crippen LogP contribution in [0.25, 0.3) is 11.1 Å². The highest BCUT2D eigenvalue weighted by Gasteiger charge is 2.38. The first-order chi connectivity index (χ1) is 12.2. The van der Waals surface area contributed by atoms with E-state index in [0.29, 0.717) is 19.7 Å². The van der Waals surface area contributed by atoms with Crippen LogP contribution in [0.2, 0.25) is 0 Å². The Kier molecular flexibility index (Phi) is 3.92. The minimum absolute atomic E-state index is 0.0500. The fraction of sp³-hybridized carbons (Fsp3) is 0.300. The summed E-state index contributed by atoms with van der Waals surface area (Å²) < 4.78 is 10.2. The molecule has 2 aliphatic rings. The third-order valence-corrected chi connectivity index (χ3v) is 5.01. The van der Waals surface area contributed by atoms with Crippen molar-refractivity contribution in [1.29, 1.82) is 0 Å². The lowest BCUT2D eigenvalue weighted by molar-refractivity contribution is -0.150. The van der Waals surface area contributed by atoms with Crippen LogP contribution >= 0.6 is 0 Å². The van der Waals surface area contributed by atoms with Gasteiger partial charge in [-0.2, -0.15) is 0 Å². The zero-order chi connectivity index (χ0) is 17.4. The molecule has 1 aliphatic heterocycles. The van der Waals surface area contributed by atoms with E-state index in [0.717, 1.165) is 0 Å². The lowest BCUT2D eigenvalue weighted by atomic mass is 9.98. The molecule has 1 amide bonds. The van der Waals surface area contributed by atoms with E-state index in [1.54, 1.807) is 0 Å². The Morgan fingerprint density at radius 2 is 1.56 bits per heavy atom. The molecule has 1 fully saturated rings. The van der Waals surface area contributed by atoms with Crippen molar-refractivity contribution in [2.24, 2.45) is 5.92 Å². The van der Waals surface area contributed by atoms with Gasteiger partial charge in [-0.3, -0.25) is 4.79 Å². The van der Waals surface area contributed by atoms with Gasteiger partial charge in [-0.1, -0.05) is 48.5 Å². The number of hydrogen-bond acceptors (Lipinski definition) is 4. The molecule has 0 atom stereocenters. The number of hydrogen-bond donors (Lipinski definition) is 0. The standard InChI is InChI=1S/C20H19NO4/c1-24-19(22)13-10-21(11-13)20(23)25-12-18-16-8-4-2-6-14(16)15-7-3-5-9-17(15)18/h2-9,13,18H,10-12H2,1H3. The van der Waals surface area contributed by atoms with Crippen molar-refractivity contribution in [3.8, 4) is 11.1 Å². The second-order valence-electron chi connectivity index (χ2n) is 6.43. The topological polar surface area (TPSA) is 55.8 Å². The fourth-order valence-electron chi connectivity index (χ4n) is 3.63. The second kappa shape index (κ2) is 6.24. The summed E-state index contributed by atoms with van der Waals surface area (Å²) in [5, 5.41) is 0. The summed E-state index contributed by atoms with van der Waals surface area (Å²) in [6.45, 7) is 1.03. The first kappa shape index (κ1) is 15.7. The van der Waals surface area contributed by atoms with Gasteiger partial charge in [0.1, 0.15) is 6.61 Å². The van der Waals surface area contributed by atoms with E-state index in [1.807, 2.05) is 24.3 Å². The number of methoxy groups -OCH3 is 1. The van der Waals surface area contributed by atoms with Crippen LogP contribution < -0.4 is 0 Å². The molecule has 2 aromatic rings. The Morgan fingerprint density at radius 1 is 1.00 bits per heavy atom. The van der Waals surface area contributed by atoms with Gasteiger partial charge in [0, 0.05) is 19.0 Å². The third kappa shape index (κ3) is 2.65. The quantitative estimate of drug-likeness (QED) is 0.808. The zero-order valence-corrected chi connectivity index (χ0v) is 14.0. The smallest absolute Gasteiger partial charge is 0.409 e. The molecule has 0 aromatic heterocycles. The average molecular weight is 337 g/mol. The highest BCUT2D eigenvalue weighted by Crippen LogP contribution is 2.44. The Hall–Kier alpha value is -2.82. The number of rotatable bonds is 3. The number of esters is 1. The van der Waals surface area contributed by atoms with Crippen molar-refractivity contribution >= 4 is 12.1 Å². The molecule has 0 saturated carbocycles. The van der Waals surface area contributed by atoms with Gasteiger partial charge in [-0.05, 0) is 22.3 Å². The van der Waals surface area contributed by atoms with Crippen molar-refractivity contribution < 1.29 is 19.1 Å². The molecular formula is C20H19NO4. The molecule has 1 heterocycles. The molecule has 5 heteroatoms. The van der Waals surface area contributed by atoms with Gasteiger partial charge in [0.05, 0.1) is 13.0 Å². The monoisotopic (exact) mass is 337 g/mol. The SMILES string of the molecule is COC(=O)C1CN(C(=O)OCC2c3ccccc3-c3ccccc32)C1. The molecule has 0 unspecified atom stereocenters. The molecule has 0 N–H and O–H groups in total. The van der Waals surface area contributed by atoms with Crippen LogP contribution in [-0.4, -0.2) is 43.8 Å². The van der Waals surface area contributed by atoms with Gasteiger partial charge in [-0.15, -0.1) is 0 Å². The summed E-state index contributed by atoms with van der Waals surface area (Å²) in [7, 11) is 1.36. The molecular weight excluding hydrogens is 318 g/mol. The van der Waals surface area contributed by atoms with Crippen molar-refractivity contribution in [1.82, 2.24) is 4.90 Å². The predicted molar refractivity (Wildman–Crippen MR) is 92.1 cm³/mol. The summed E-state index contributed by atoms with van der Waals surface area (Å²) in [5.41, 5.74) is 4.78. The molecule has 0 radical (unpaired) electrons. The number of benzene rings is 2. The number of carbonyl (C=O) groups is 2. The minimum Gasteiger partial charge on any atom is -0.469 e. The van der Waals surface area contributed by atoms with E-state index in [1.165, 1.54) is 34.3 Å². The zero-order valence-electron chi connectivity index (χ0n) is 14.0. The minimum atomic E-state index is -0.373. The average Bonchev–Trinajstić information content (AvgIpc) is 2.92.